The molecule has 3 aromatic rings. The molecule has 4 rings (SSSR count). The van der Waals surface area contributed by atoms with Crippen LogP contribution in [0.5, 0.6) is 0 Å². The average molecular weight is 367 g/mol. The molecule has 1 aliphatic heterocycles. The van der Waals surface area contributed by atoms with Gasteiger partial charge in [0, 0.05) is 36.6 Å². The number of rotatable bonds is 4. The number of halogens is 1. The minimum absolute atomic E-state index is 0.577. The molecule has 2 aromatic carbocycles. The molecule has 0 fully saturated rings. The summed E-state index contributed by atoms with van der Waals surface area (Å²) in [7, 11) is 0. The Morgan fingerprint density at radius 1 is 1.12 bits per heavy atom. The van der Waals surface area contributed by atoms with Crippen molar-refractivity contribution >= 4 is 22.5 Å². The van der Waals surface area contributed by atoms with Crippen LogP contribution in [-0.2, 0) is 25.9 Å². The second-order valence-corrected chi connectivity index (χ2v) is 7.91. The zero-order valence-corrected chi connectivity index (χ0v) is 16.7. The lowest BCUT2D eigenvalue weighted by atomic mass is 9.99. The lowest BCUT2D eigenvalue weighted by Crippen LogP contribution is -2.38. The zero-order valence-electron chi connectivity index (χ0n) is 15.9. The monoisotopic (exact) mass is 366 g/mol. The van der Waals surface area contributed by atoms with E-state index in [-0.39, 0.29) is 0 Å². The van der Waals surface area contributed by atoms with Crippen LogP contribution in [-0.4, -0.2) is 22.1 Å². The van der Waals surface area contributed by atoms with E-state index in [2.05, 4.69) is 66.6 Å². The summed E-state index contributed by atoms with van der Waals surface area (Å²) in [6, 6.07) is 15.6. The fraction of sp³-hybridized carbons (Fsp3) is 0.391. The minimum Gasteiger partial charge on any atom is -0.343 e. The van der Waals surface area contributed by atoms with Gasteiger partial charge in [0.05, 0.1) is 10.5 Å². The van der Waals surface area contributed by atoms with Crippen LogP contribution in [0.4, 0.5) is 0 Å². The molecule has 1 unspecified atom stereocenters. The highest BCUT2D eigenvalue weighted by Crippen LogP contribution is 2.36. The molecule has 0 radical (unpaired) electrons. The SMILES string of the molecule is CCN1Cc2c(n(CCc3ccccc3C)c3c(Cl)cccc23)CC1C. The van der Waals surface area contributed by atoms with Crippen molar-refractivity contribution < 1.29 is 0 Å². The third-order valence-corrected chi connectivity index (χ3v) is 6.31. The first-order valence-corrected chi connectivity index (χ1v) is 10.0. The summed E-state index contributed by atoms with van der Waals surface area (Å²) < 4.78 is 2.50. The molecule has 0 N–H and O–H groups in total. The van der Waals surface area contributed by atoms with E-state index in [1.165, 1.54) is 33.3 Å². The first kappa shape index (κ1) is 17.6. The Bertz CT molecular complexity index is 941. The lowest BCUT2D eigenvalue weighted by Gasteiger charge is -2.33. The Morgan fingerprint density at radius 2 is 1.92 bits per heavy atom. The molecule has 1 aromatic heterocycles. The molecule has 0 amide bonds. The third kappa shape index (κ3) is 2.95. The number of para-hydroxylation sites is 1. The molecule has 0 aliphatic carbocycles. The van der Waals surface area contributed by atoms with E-state index in [4.69, 9.17) is 11.6 Å². The zero-order chi connectivity index (χ0) is 18.3. The molecule has 26 heavy (non-hydrogen) atoms. The summed E-state index contributed by atoms with van der Waals surface area (Å²) in [5.74, 6) is 0. The van der Waals surface area contributed by atoms with Gasteiger partial charge in [-0.1, -0.05) is 54.9 Å². The summed E-state index contributed by atoms with van der Waals surface area (Å²) >= 11 is 6.67. The highest BCUT2D eigenvalue weighted by Gasteiger charge is 2.28. The Labute approximate surface area is 161 Å². The quantitative estimate of drug-likeness (QED) is 0.582. The fourth-order valence-electron chi connectivity index (χ4n) is 4.46. The predicted molar refractivity (Wildman–Crippen MR) is 111 cm³/mol. The number of hydrogen-bond donors (Lipinski definition) is 0. The molecule has 0 spiro atoms. The van der Waals surface area contributed by atoms with Crippen molar-refractivity contribution in [3.8, 4) is 0 Å². The summed E-state index contributed by atoms with van der Waals surface area (Å²) in [6.07, 6.45) is 2.14. The van der Waals surface area contributed by atoms with Crippen molar-refractivity contribution in [2.45, 2.75) is 52.7 Å². The van der Waals surface area contributed by atoms with Crippen LogP contribution >= 0.6 is 11.6 Å². The van der Waals surface area contributed by atoms with Crippen LogP contribution in [0, 0.1) is 6.92 Å². The molecule has 0 bridgehead atoms. The number of hydrogen-bond acceptors (Lipinski definition) is 1. The van der Waals surface area contributed by atoms with Gasteiger partial charge < -0.3 is 4.57 Å². The van der Waals surface area contributed by atoms with E-state index in [0.717, 1.165) is 37.5 Å². The van der Waals surface area contributed by atoms with Gasteiger partial charge in [-0.15, -0.1) is 0 Å². The van der Waals surface area contributed by atoms with Crippen LogP contribution < -0.4 is 0 Å². The molecule has 136 valence electrons. The van der Waals surface area contributed by atoms with Gasteiger partial charge in [0.15, 0.2) is 0 Å². The smallest absolute Gasteiger partial charge is 0.0675 e. The number of aromatic nitrogens is 1. The topological polar surface area (TPSA) is 8.17 Å². The highest BCUT2D eigenvalue weighted by molar-refractivity contribution is 6.35. The Balaban J connectivity index is 1.79. The lowest BCUT2D eigenvalue weighted by molar-refractivity contribution is 0.192. The minimum atomic E-state index is 0.577. The molecule has 3 heteroatoms. The van der Waals surface area contributed by atoms with Crippen molar-refractivity contribution in [3.05, 3.63) is 69.9 Å². The van der Waals surface area contributed by atoms with E-state index >= 15 is 0 Å². The molecule has 1 atom stereocenters. The van der Waals surface area contributed by atoms with E-state index in [1.54, 1.807) is 0 Å². The summed E-state index contributed by atoms with van der Waals surface area (Å²) in [4.78, 5) is 2.56. The Morgan fingerprint density at radius 3 is 2.69 bits per heavy atom. The molecular weight excluding hydrogens is 340 g/mol. The highest BCUT2D eigenvalue weighted by atomic mass is 35.5. The largest absolute Gasteiger partial charge is 0.343 e. The number of fused-ring (bicyclic) bond motifs is 3. The van der Waals surface area contributed by atoms with Gasteiger partial charge in [-0.25, -0.2) is 0 Å². The van der Waals surface area contributed by atoms with Crippen LogP contribution in [0.3, 0.4) is 0 Å². The van der Waals surface area contributed by atoms with Crippen LogP contribution in [0.1, 0.15) is 36.2 Å². The van der Waals surface area contributed by atoms with E-state index in [1.807, 2.05) is 6.07 Å². The Kier molecular flexibility index (Phi) is 4.81. The fourth-order valence-corrected chi connectivity index (χ4v) is 4.73. The number of nitrogens with zero attached hydrogens (tertiary/aromatic N) is 2. The second-order valence-electron chi connectivity index (χ2n) is 7.51. The molecular formula is C23H27ClN2. The predicted octanol–water partition coefficient (Wildman–Crippen LogP) is 5.61. The molecule has 2 heterocycles. The van der Waals surface area contributed by atoms with Gasteiger partial charge in [-0.2, -0.15) is 0 Å². The van der Waals surface area contributed by atoms with Gasteiger partial charge in [0.2, 0.25) is 0 Å². The van der Waals surface area contributed by atoms with Gasteiger partial charge in [0.25, 0.3) is 0 Å². The van der Waals surface area contributed by atoms with E-state index in [0.29, 0.717) is 6.04 Å². The summed E-state index contributed by atoms with van der Waals surface area (Å²) in [5, 5.41) is 2.21. The molecule has 0 saturated carbocycles. The van der Waals surface area contributed by atoms with Crippen molar-refractivity contribution in [1.82, 2.24) is 9.47 Å². The molecule has 2 nitrogen and oxygen atoms in total. The maximum absolute atomic E-state index is 6.67. The average Bonchev–Trinajstić information content (AvgIpc) is 2.94. The standard InChI is InChI=1S/C23H27ClN2/c1-4-25-15-20-19-10-7-11-21(24)23(19)26(22(20)14-17(25)3)13-12-18-9-6-5-8-16(18)2/h5-11,17H,4,12-15H2,1-3H3. The van der Waals surface area contributed by atoms with Crippen molar-refractivity contribution in [2.24, 2.45) is 0 Å². The summed E-state index contributed by atoms with van der Waals surface area (Å²) in [5.41, 5.74) is 6.98. The van der Waals surface area contributed by atoms with Gasteiger partial charge >= 0.3 is 0 Å². The maximum Gasteiger partial charge on any atom is 0.0675 e. The van der Waals surface area contributed by atoms with Crippen LogP contribution in [0.2, 0.25) is 5.02 Å². The molecule has 0 saturated heterocycles. The Hall–Kier alpha value is -1.77. The molecule has 1 aliphatic rings. The van der Waals surface area contributed by atoms with Crippen LogP contribution in [0.25, 0.3) is 10.9 Å². The van der Waals surface area contributed by atoms with Crippen molar-refractivity contribution in [2.75, 3.05) is 6.54 Å². The van der Waals surface area contributed by atoms with E-state index in [9.17, 15) is 0 Å². The normalized spacial score (nSPS) is 17.6. The van der Waals surface area contributed by atoms with Gasteiger partial charge in [-0.05, 0) is 49.6 Å². The second kappa shape index (κ2) is 7.09. The maximum atomic E-state index is 6.67. The first-order chi connectivity index (χ1) is 12.6. The number of aryl methyl sites for hydroxylation is 3. The number of benzene rings is 2. The van der Waals surface area contributed by atoms with Gasteiger partial charge in [0.1, 0.15) is 0 Å². The first-order valence-electron chi connectivity index (χ1n) is 9.67. The summed E-state index contributed by atoms with van der Waals surface area (Å²) in [6.45, 7) is 9.91. The van der Waals surface area contributed by atoms with Gasteiger partial charge in [-0.3, -0.25) is 4.90 Å². The van der Waals surface area contributed by atoms with Crippen molar-refractivity contribution in [1.29, 1.82) is 0 Å². The number of likely N-dealkylation sites (N-methyl/N-ethyl adjacent to an activating group) is 1. The van der Waals surface area contributed by atoms with Crippen molar-refractivity contribution in [3.63, 3.8) is 0 Å². The van der Waals surface area contributed by atoms with E-state index < -0.39 is 0 Å². The van der Waals surface area contributed by atoms with Crippen LogP contribution in [0.15, 0.2) is 42.5 Å². The third-order valence-electron chi connectivity index (χ3n) is 6.00.